The number of unbranched alkanes of at least 4 members (excludes halogenated alkanes) is 7. The van der Waals surface area contributed by atoms with Crippen LogP contribution in [0.25, 0.3) is 0 Å². The topological polar surface area (TPSA) is 283 Å². The zero-order valence-corrected chi connectivity index (χ0v) is 67.5. The predicted molar refractivity (Wildman–Crippen MR) is 402 cm³/mol. The smallest absolute Gasteiger partial charge is 0.222 e. The maximum atomic E-state index is 14.1. The number of amides is 4. The van der Waals surface area contributed by atoms with E-state index in [0.717, 1.165) is 70.6 Å². The Balaban J connectivity index is 1.24. The number of ether oxygens (including phenoxy) is 15. The quantitative estimate of drug-likeness (QED) is 0.0412. The standard InChI is InChI=1S/C80H148N4O21/c1-14-67-52-69(86)54-84(67)76(90)27-25-23-21-19-18-20-22-24-26-68(85)53-80(55-97-34-28-73(87)81-31-37-91-40-43-94-46-49-100-77-64(11)58(5)61(8)70(15-2)103-77,56-98-35-29-74(88)82-32-38-92-41-44-95-47-50-101-78-65(12)59(6)62(9)71(16-3)104-78)57-99-36-30-75(89)83-33-39-93-42-45-96-48-51-102-79-66(13)60(7)63(10)72(17-4)105-79/h58-67,69-72,77-79,86H,14-57H2,1-13H3,(H,81,87)(H,82,88)(H,83,89)/t58-,59-,60-,61-,62-,63-,64?,65?,66?,67+,69+,70?,71?,72?,77-,78-,79-,80?/m0/s1. The number of Topliss-reactive ketones (excluding diaryl/α,β-unsaturated/α-hetero) is 1. The van der Waals surface area contributed by atoms with E-state index in [4.69, 9.17) is 71.1 Å². The molecule has 4 aliphatic rings. The molecule has 0 spiro atoms. The summed E-state index contributed by atoms with van der Waals surface area (Å²) < 4.78 is 90.1. The van der Waals surface area contributed by atoms with Crippen LogP contribution < -0.4 is 16.0 Å². The highest BCUT2D eigenvalue weighted by atomic mass is 16.7. The Morgan fingerprint density at radius 2 is 0.686 bits per heavy atom. The van der Waals surface area contributed by atoms with Gasteiger partial charge in [-0.3, -0.25) is 24.0 Å². The Morgan fingerprint density at radius 3 is 1.02 bits per heavy atom. The minimum atomic E-state index is -1.02. The average molecular weight is 1500 g/mol. The summed E-state index contributed by atoms with van der Waals surface area (Å²) in [6, 6.07) is 0.134. The van der Waals surface area contributed by atoms with Gasteiger partial charge in [-0.05, 0) is 80.5 Å². The van der Waals surface area contributed by atoms with Crippen LogP contribution >= 0.6 is 0 Å². The number of ketones is 1. The van der Waals surface area contributed by atoms with E-state index in [1.807, 2.05) is 4.90 Å². The Morgan fingerprint density at radius 1 is 0.371 bits per heavy atom. The molecular weight excluding hydrogens is 1350 g/mol. The highest BCUT2D eigenvalue weighted by Gasteiger charge is 2.42. The van der Waals surface area contributed by atoms with Crippen molar-refractivity contribution in [3.63, 3.8) is 0 Å². The Labute approximate surface area is 632 Å². The lowest BCUT2D eigenvalue weighted by Gasteiger charge is -2.43. The third-order valence-electron chi connectivity index (χ3n) is 22.5. The summed E-state index contributed by atoms with van der Waals surface area (Å²) in [5.74, 6) is 3.27. The fourth-order valence-electron chi connectivity index (χ4n) is 14.7. The Kier molecular flexibility index (Phi) is 50.4. The number of β-amino-alcohol motifs (C(OH)–C–C–N with tert-alkyl or cyclic N) is 1. The van der Waals surface area contributed by atoms with Gasteiger partial charge in [0.15, 0.2) is 18.9 Å². The molecule has 0 bridgehead atoms. The van der Waals surface area contributed by atoms with Crippen molar-refractivity contribution in [2.24, 2.45) is 58.7 Å². The molecule has 4 N–H and O–H groups in total. The van der Waals surface area contributed by atoms with Crippen LogP contribution in [0.4, 0.5) is 0 Å². The maximum Gasteiger partial charge on any atom is 0.222 e. The summed E-state index contributed by atoms with van der Waals surface area (Å²) in [6.07, 6.45) is 12.3. The number of aliphatic hydroxyl groups is 1. The van der Waals surface area contributed by atoms with Crippen LogP contribution in [0, 0.1) is 58.7 Å². The first-order chi connectivity index (χ1) is 50.7. The second-order valence-corrected chi connectivity index (χ2v) is 30.4. The lowest BCUT2D eigenvalue weighted by atomic mass is 9.78. The first-order valence-corrected chi connectivity index (χ1v) is 41.0. The lowest BCUT2D eigenvalue weighted by molar-refractivity contribution is -0.251. The first kappa shape index (κ1) is 94.3. The molecule has 0 saturated carbocycles. The molecule has 0 aromatic carbocycles. The minimum Gasteiger partial charge on any atom is -0.391 e. The van der Waals surface area contributed by atoms with E-state index < -0.39 is 11.5 Å². The van der Waals surface area contributed by atoms with E-state index >= 15 is 0 Å². The summed E-state index contributed by atoms with van der Waals surface area (Å²) >= 11 is 0. The fourth-order valence-corrected chi connectivity index (χ4v) is 14.7. The van der Waals surface area contributed by atoms with Gasteiger partial charge in [0.1, 0.15) is 5.78 Å². The molecule has 4 rings (SSSR count). The van der Waals surface area contributed by atoms with Crippen LogP contribution in [0.1, 0.15) is 212 Å². The number of likely N-dealkylation sites (tertiary alicyclic amines) is 1. The number of aliphatic hydroxyl groups excluding tert-OH is 1. The third kappa shape index (κ3) is 37.7. The van der Waals surface area contributed by atoms with Crippen LogP contribution in [0.15, 0.2) is 0 Å². The van der Waals surface area contributed by atoms with Crippen molar-refractivity contribution in [1.29, 1.82) is 0 Å². The Hall–Kier alpha value is -3.09. The number of carbonyl (C=O) groups excluding carboxylic acids is 5. The van der Waals surface area contributed by atoms with Crippen molar-refractivity contribution in [2.45, 2.75) is 261 Å². The SMILES string of the molecule is CCC1O[C@H](OCCOCCOCCNC(=O)CCOCC(COCCC(=O)NCCOCCOCCO[C@H]2OC(CC)[C@@H](C)[C@H](C)C2C)(COCCC(=O)NCCOCCOCCO[C@H]2OC(CC)[C@@H](C)[C@H](C)C2C)CC(=O)CCCCCCCCCCC(=O)N2C[C@H](O)C[C@H]2CC)C(C)[C@@H](C)[C@@H]1C. The predicted octanol–water partition coefficient (Wildman–Crippen LogP) is 10.1. The zero-order chi connectivity index (χ0) is 76.6. The van der Waals surface area contributed by atoms with Crippen molar-refractivity contribution in [3.05, 3.63) is 0 Å². The van der Waals surface area contributed by atoms with E-state index in [1.165, 1.54) is 0 Å². The molecule has 0 aromatic heterocycles. The number of nitrogens with zero attached hydrogens (tertiary/aromatic N) is 1. The van der Waals surface area contributed by atoms with Gasteiger partial charge in [-0.25, -0.2) is 0 Å². The lowest BCUT2D eigenvalue weighted by Crippen LogP contribution is -2.45. The van der Waals surface area contributed by atoms with Crippen molar-refractivity contribution in [1.82, 2.24) is 20.9 Å². The molecule has 0 aromatic rings. The monoisotopic (exact) mass is 1500 g/mol. The molecule has 105 heavy (non-hydrogen) atoms. The van der Waals surface area contributed by atoms with Crippen molar-refractivity contribution < 1.29 is 100 Å². The van der Waals surface area contributed by atoms with E-state index in [0.29, 0.717) is 204 Å². The maximum absolute atomic E-state index is 14.1. The average Bonchev–Trinajstić information content (AvgIpc) is 1.63. The van der Waals surface area contributed by atoms with E-state index in [1.54, 1.807) is 0 Å². The molecule has 4 amide bonds. The normalized spacial score (nSPS) is 27.6. The van der Waals surface area contributed by atoms with Crippen LogP contribution in [-0.2, 0) is 95.0 Å². The second kappa shape index (κ2) is 56.2. The van der Waals surface area contributed by atoms with Gasteiger partial charge in [0, 0.05) is 93.9 Å². The molecule has 614 valence electrons. The number of hydrogen-bond donors (Lipinski definition) is 4. The van der Waals surface area contributed by atoms with Crippen LogP contribution in [0.2, 0.25) is 0 Å². The fraction of sp³-hybridized carbons (Fsp3) is 0.938. The second-order valence-electron chi connectivity index (χ2n) is 30.4. The van der Waals surface area contributed by atoms with Gasteiger partial charge in [0.2, 0.25) is 23.6 Å². The summed E-state index contributed by atoms with van der Waals surface area (Å²) in [4.78, 5) is 68.0. The number of carbonyl (C=O) groups is 5. The number of nitrogens with one attached hydrogen (secondary N) is 3. The van der Waals surface area contributed by atoms with Gasteiger partial charge < -0.3 is 97.0 Å². The van der Waals surface area contributed by atoms with E-state index in [-0.39, 0.29) is 138 Å². The molecule has 0 radical (unpaired) electrons. The molecule has 4 fully saturated rings. The summed E-state index contributed by atoms with van der Waals surface area (Å²) in [5, 5.41) is 18.8. The molecule has 4 aliphatic heterocycles. The highest BCUT2D eigenvalue weighted by Crippen LogP contribution is 2.39. The van der Waals surface area contributed by atoms with Gasteiger partial charge in [0.05, 0.1) is 163 Å². The van der Waals surface area contributed by atoms with Crippen LogP contribution in [-0.4, -0.2) is 254 Å². The van der Waals surface area contributed by atoms with Crippen molar-refractivity contribution >= 4 is 29.4 Å². The van der Waals surface area contributed by atoms with Gasteiger partial charge in [-0.15, -0.1) is 0 Å². The first-order valence-electron chi connectivity index (χ1n) is 41.0. The number of hydrogen-bond acceptors (Lipinski definition) is 21. The summed E-state index contributed by atoms with van der Waals surface area (Å²) in [5.41, 5.74) is -1.02. The van der Waals surface area contributed by atoms with Gasteiger partial charge in [-0.2, -0.15) is 0 Å². The molecule has 17 atom stereocenters. The summed E-state index contributed by atoms with van der Waals surface area (Å²) in [6.45, 7) is 35.7. The van der Waals surface area contributed by atoms with Crippen molar-refractivity contribution in [3.8, 4) is 0 Å². The van der Waals surface area contributed by atoms with Crippen LogP contribution in [0.3, 0.4) is 0 Å². The molecule has 4 heterocycles. The molecule has 6 unspecified atom stereocenters. The number of rotatable bonds is 62. The van der Waals surface area contributed by atoms with E-state index in [2.05, 4.69) is 106 Å². The molecular formula is C80H148N4O21. The van der Waals surface area contributed by atoms with E-state index in [9.17, 15) is 29.1 Å². The van der Waals surface area contributed by atoms with Gasteiger partial charge >= 0.3 is 0 Å². The zero-order valence-electron chi connectivity index (χ0n) is 67.5. The molecule has 25 heteroatoms. The van der Waals surface area contributed by atoms with Gasteiger partial charge in [0.25, 0.3) is 0 Å². The molecule has 0 aliphatic carbocycles. The Bertz CT molecular complexity index is 2090. The summed E-state index contributed by atoms with van der Waals surface area (Å²) in [7, 11) is 0. The largest absolute Gasteiger partial charge is 0.391 e. The van der Waals surface area contributed by atoms with Crippen LogP contribution in [0.5, 0.6) is 0 Å². The minimum absolute atomic E-state index is 0.00475. The molecule has 4 saturated heterocycles. The van der Waals surface area contributed by atoms with Crippen molar-refractivity contribution in [2.75, 3.05) is 165 Å². The molecule has 25 nitrogen and oxygen atoms in total. The van der Waals surface area contributed by atoms with Gasteiger partial charge in [-0.1, -0.05) is 129 Å². The highest BCUT2D eigenvalue weighted by molar-refractivity contribution is 5.79. The third-order valence-corrected chi connectivity index (χ3v) is 22.5.